The number of allylic oxidation sites excluding steroid dienone is 1. The second-order valence-corrected chi connectivity index (χ2v) is 3.50. The van der Waals surface area contributed by atoms with Crippen LogP contribution < -0.4 is 5.73 Å². The predicted molar refractivity (Wildman–Crippen MR) is 73.7 cm³/mol. The van der Waals surface area contributed by atoms with Gasteiger partial charge in [-0.2, -0.15) is 0 Å². The fourth-order valence-corrected chi connectivity index (χ4v) is 1.23. The molecule has 0 fully saturated rings. The van der Waals surface area contributed by atoms with E-state index in [0.717, 1.165) is 5.69 Å². The molecule has 0 spiro atoms. The molecule has 88 valence electrons. The first-order chi connectivity index (χ1) is 8.22. The third-order valence-corrected chi connectivity index (χ3v) is 2.05. The van der Waals surface area contributed by atoms with E-state index in [0.29, 0.717) is 5.75 Å². The van der Waals surface area contributed by atoms with Crippen molar-refractivity contribution in [2.24, 2.45) is 0 Å². The van der Waals surface area contributed by atoms with Gasteiger partial charge >= 0.3 is 0 Å². The van der Waals surface area contributed by atoms with Crippen molar-refractivity contribution in [1.29, 1.82) is 0 Å². The summed E-state index contributed by atoms with van der Waals surface area (Å²) in [5, 5.41) is 8.63. The number of aromatic hydroxyl groups is 1. The number of hydrogen-bond acceptors (Lipinski definition) is 2. The molecule has 0 saturated heterocycles. The molecule has 2 nitrogen and oxygen atoms in total. The molecular formula is C15H17NO. The minimum absolute atomic E-state index is 0.322. The first kappa shape index (κ1) is 12.8. The van der Waals surface area contributed by atoms with Crippen molar-refractivity contribution in [2.75, 3.05) is 5.73 Å². The van der Waals surface area contributed by atoms with Crippen LogP contribution in [0.1, 0.15) is 12.5 Å². The minimum atomic E-state index is 0.322. The largest absolute Gasteiger partial charge is 0.508 e. The lowest BCUT2D eigenvalue weighted by molar-refractivity contribution is 0.475. The smallest absolute Gasteiger partial charge is 0.115 e. The lowest BCUT2D eigenvalue weighted by Crippen LogP contribution is -1.82. The van der Waals surface area contributed by atoms with Crippen LogP contribution in [-0.2, 0) is 0 Å². The van der Waals surface area contributed by atoms with Crippen molar-refractivity contribution >= 4 is 11.8 Å². The molecule has 2 heteroatoms. The van der Waals surface area contributed by atoms with E-state index >= 15 is 0 Å². The van der Waals surface area contributed by atoms with Gasteiger partial charge in [-0.1, -0.05) is 42.5 Å². The maximum atomic E-state index is 8.63. The van der Waals surface area contributed by atoms with Gasteiger partial charge in [0.05, 0.1) is 0 Å². The number of nitrogen functional groups attached to an aromatic ring is 1. The van der Waals surface area contributed by atoms with Crippen LogP contribution >= 0.6 is 0 Å². The Morgan fingerprint density at radius 1 is 0.941 bits per heavy atom. The van der Waals surface area contributed by atoms with Gasteiger partial charge in [-0.05, 0) is 36.8 Å². The molecule has 0 heterocycles. The van der Waals surface area contributed by atoms with Gasteiger partial charge in [0.15, 0.2) is 0 Å². The number of nitrogens with two attached hydrogens (primary N) is 1. The van der Waals surface area contributed by atoms with Crippen LogP contribution in [0.5, 0.6) is 5.75 Å². The van der Waals surface area contributed by atoms with E-state index in [1.165, 1.54) is 5.56 Å². The van der Waals surface area contributed by atoms with Crippen LogP contribution in [0, 0.1) is 0 Å². The molecule has 0 unspecified atom stereocenters. The first-order valence-electron chi connectivity index (χ1n) is 5.44. The highest BCUT2D eigenvalue weighted by atomic mass is 16.3. The van der Waals surface area contributed by atoms with E-state index in [9.17, 15) is 0 Å². The zero-order valence-corrected chi connectivity index (χ0v) is 9.88. The van der Waals surface area contributed by atoms with Crippen LogP contribution in [-0.4, -0.2) is 5.11 Å². The van der Waals surface area contributed by atoms with Crippen LogP contribution in [0.2, 0.25) is 0 Å². The number of hydrogen-bond donors (Lipinski definition) is 2. The number of benzene rings is 2. The van der Waals surface area contributed by atoms with E-state index < -0.39 is 0 Å². The summed E-state index contributed by atoms with van der Waals surface area (Å²) in [6, 6.07) is 16.5. The van der Waals surface area contributed by atoms with Crippen molar-refractivity contribution < 1.29 is 5.11 Å². The van der Waals surface area contributed by atoms with Gasteiger partial charge in [-0.3, -0.25) is 0 Å². The first-order valence-corrected chi connectivity index (χ1v) is 5.44. The molecule has 0 amide bonds. The maximum absolute atomic E-state index is 8.63. The Labute approximate surface area is 102 Å². The van der Waals surface area contributed by atoms with Gasteiger partial charge in [0.25, 0.3) is 0 Å². The minimum Gasteiger partial charge on any atom is -0.508 e. The normalized spacial score (nSPS) is 9.71. The van der Waals surface area contributed by atoms with Crippen LogP contribution in [0.4, 0.5) is 5.69 Å². The average Bonchev–Trinajstić information content (AvgIpc) is 2.34. The van der Waals surface area contributed by atoms with E-state index in [1.807, 2.05) is 49.4 Å². The van der Waals surface area contributed by atoms with Gasteiger partial charge in [-0.25, -0.2) is 0 Å². The summed E-state index contributed by atoms with van der Waals surface area (Å²) in [6.45, 7) is 2.00. The van der Waals surface area contributed by atoms with Crippen molar-refractivity contribution in [3.8, 4) is 5.75 Å². The van der Waals surface area contributed by atoms with E-state index in [1.54, 1.807) is 24.3 Å². The zero-order valence-electron chi connectivity index (χ0n) is 9.88. The second kappa shape index (κ2) is 7.12. The third kappa shape index (κ3) is 5.42. The summed E-state index contributed by atoms with van der Waals surface area (Å²) in [4.78, 5) is 0. The van der Waals surface area contributed by atoms with Gasteiger partial charge in [0, 0.05) is 5.69 Å². The SMILES string of the molecule is C/C=C/c1ccc(N)cc1.Oc1ccccc1. The number of phenols is 1. The second-order valence-electron chi connectivity index (χ2n) is 3.50. The van der Waals surface area contributed by atoms with E-state index in [2.05, 4.69) is 0 Å². The van der Waals surface area contributed by atoms with Crippen LogP contribution in [0.25, 0.3) is 6.08 Å². The molecule has 17 heavy (non-hydrogen) atoms. The van der Waals surface area contributed by atoms with Gasteiger partial charge in [0.1, 0.15) is 5.75 Å². The number of phenolic OH excluding ortho intramolecular Hbond substituents is 1. The Bertz CT molecular complexity index is 446. The third-order valence-electron chi connectivity index (χ3n) is 2.05. The summed E-state index contributed by atoms with van der Waals surface area (Å²) in [5.74, 6) is 0.322. The Kier molecular flexibility index (Phi) is 5.38. The van der Waals surface area contributed by atoms with Crippen molar-refractivity contribution in [3.05, 3.63) is 66.2 Å². The molecule has 0 atom stereocenters. The number of rotatable bonds is 1. The summed E-state index contributed by atoms with van der Waals surface area (Å²) in [5.41, 5.74) is 7.50. The topological polar surface area (TPSA) is 46.2 Å². The lowest BCUT2D eigenvalue weighted by atomic mass is 10.2. The average molecular weight is 227 g/mol. The molecule has 0 aliphatic heterocycles. The molecule has 3 N–H and O–H groups in total. The molecular weight excluding hydrogens is 210 g/mol. The van der Waals surface area contributed by atoms with Crippen molar-refractivity contribution in [1.82, 2.24) is 0 Å². The molecule has 0 aromatic heterocycles. The van der Waals surface area contributed by atoms with Crippen molar-refractivity contribution in [2.45, 2.75) is 6.92 Å². The summed E-state index contributed by atoms with van der Waals surface area (Å²) >= 11 is 0. The molecule has 0 aliphatic rings. The van der Waals surface area contributed by atoms with E-state index in [4.69, 9.17) is 10.8 Å². The summed E-state index contributed by atoms with van der Waals surface area (Å²) < 4.78 is 0. The molecule has 0 saturated carbocycles. The zero-order chi connectivity index (χ0) is 12.5. The molecule has 2 aromatic carbocycles. The lowest BCUT2D eigenvalue weighted by Gasteiger charge is -1.92. The highest BCUT2D eigenvalue weighted by molar-refractivity contribution is 5.52. The highest BCUT2D eigenvalue weighted by Crippen LogP contribution is 2.06. The number of anilines is 1. The predicted octanol–water partition coefficient (Wildman–Crippen LogP) is 3.69. The molecule has 0 radical (unpaired) electrons. The standard InChI is InChI=1S/C9H11N.C6H6O/c1-2-3-8-4-6-9(10)7-5-8;7-6-4-2-1-3-5-6/h2-7H,10H2,1H3;1-5,7H/b3-2+;. The number of para-hydroxylation sites is 1. The Morgan fingerprint density at radius 2 is 1.53 bits per heavy atom. The van der Waals surface area contributed by atoms with Gasteiger partial charge in [-0.15, -0.1) is 0 Å². The van der Waals surface area contributed by atoms with Crippen LogP contribution in [0.15, 0.2) is 60.7 Å². The fourth-order valence-electron chi connectivity index (χ4n) is 1.23. The fraction of sp³-hybridized carbons (Fsp3) is 0.0667. The molecule has 0 bridgehead atoms. The molecule has 2 rings (SSSR count). The quantitative estimate of drug-likeness (QED) is 0.730. The monoisotopic (exact) mass is 227 g/mol. The molecule has 2 aromatic rings. The Balaban J connectivity index is 0.000000181. The summed E-state index contributed by atoms with van der Waals surface area (Å²) in [6.07, 6.45) is 4.05. The van der Waals surface area contributed by atoms with Gasteiger partial charge < -0.3 is 10.8 Å². The summed E-state index contributed by atoms with van der Waals surface area (Å²) in [7, 11) is 0. The van der Waals surface area contributed by atoms with Gasteiger partial charge in [0.2, 0.25) is 0 Å². The van der Waals surface area contributed by atoms with Crippen LogP contribution in [0.3, 0.4) is 0 Å². The maximum Gasteiger partial charge on any atom is 0.115 e. The Morgan fingerprint density at radius 3 is 1.94 bits per heavy atom. The molecule has 0 aliphatic carbocycles. The Hall–Kier alpha value is -2.22. The van der Waals surface area contributed by atoms with Crippen molar-refractivity contribution in [3.63, 3.8) is 0 Å². The van der Waals surface area contributed by atoms with E-state index in [-0.39, 0.29) is 0 Å². The highest BCUT2D eigenvalue weighted by Gasteiger charge is 1.83.